The zero-order valence-corrected chi connectivity index (χ0v) is 17.2. The molecule has 1 aromatic heterocycles. The third kappa shape index (κ3) is 15.3. The number of aromatic nitrogens is 1. The first-order valence-corrected chi connectivity index (χ1v) is 11.5. The van der Waals surface area contributed by atoms with Gasteiger partial charge in [0.15, 0.2) is 0 Å². The SMILES string of the molecule is CCCCCCCCCCCCCCCCCCCCn1cccc1. The van der Waals surface area contributed by atoms with E-state index in [4.69, 9.17) is 0 Å². The third-order valence-corrected chi connectivity index (χ3v) is 5.44. The van der Waals surface area contributed by atoms with Gasteiger partial charge < -0.3 is 4.57 Å². The molecule has 0 N–H and O–H groups in total. The van der Waals surface area contributed by atoms with Crippen molar-refractivity contribution in [2.24, 2.45) is 0 Å². The molecule has 1 rings (SSSR count). The first-order chi connectivity index (χ1) is 12.4. The minimum Gasteiger partial charge on any atom is -0.354 e. The molecule has 0 spiro atoms. The second kappa shape index (κ2) is 18.1. The van der Waals surface area contributed by atoms with Crippen molar-refractivity contribution in [1.82, 2.24) is 4.57 Å². The van der Waals surface area contributed by atoms with Crippen LogP contribution in [-0.2, 0) is 6.54 Å². The normalized spacial score (nSPS) is 11.2. The van der Waals surface area contributed by atoms with Crippen LogP contribution in [0.15, 0.2) is 24.5 Å². The predicted molar refractivity (Wildman–Crippen MR) is 113 cm³/mol. The van der Waals surface area contributed by atoms with E-state index in [0.29, 0.717) is 0 Å². The quantitative estimate of drug-likeness (QED) is 0.221. The second-order valence-electron chi connectivity index (χ2n) is 7.93. The van der Waals surface area contributed by atoms with E-state index in [2.05, 4.69) is 36.0 Å². The summed E-state index contributed by atoms with van der Waals surface area (Å²) < 4.78 is 2.30. The fourth-order valence-corrected chi connectivity index (χ4v) is 3.72. The van der Waals surface area contributed by atoms with E-state index >= 15 is 0 Å². The Labute approximate surface area is 158 Å². The summed E-state index contributed by atoms with van der Waals surface area (Å²) in [5, 5.41) is 0. The van der Waals surface area contributed by atoms with Gasteiger partial charge in [0.2, 0.25) is 0 Å². The summed E-state index contributed by atoms with van der Waals surface area (Å²) in [5.74, 6) is 0. The molecule has 1 heteroatoms. The summed E-state index contributed by atoms with van der Waals surface area (Å²) in [6, 6.07) is 4.24. The van der Waals surface area contributed by atoms with E-state index in [1.165, 1.54) is 122 Å². The molecule has 25 heavy (non-hydrogen) atoms. The minimum absolute atomic E-state index is 1.20. The Kier molecular flexibility index (Phi) is 16.1. The highest BCUT2D eigenvalue weighted by atomic mass is 14.9. The fourth-order valence-electron chi connectivity index (χ4n) is 3.72. The Morgan fingerprint density at radius 1 is 0.440 bits per heavy atom. The molecule has 0 atom stereocenters. The molecule has 1 nitrogen and oxygen atoms in total. The van der Waals surface area contributed by atoms with Crippen molar-refractivity contribution in [1.29, 1.82) is 0 Å². The van der Waals surface area contributed by atoms with Crippen LogP contribution in [0.5, 0.6) is 0 Å². The van der Waals surface area contributed by atoms with Gasteiger partial charge in [-0.05, 0) is 18.6 Å². The summed E-state index contributed by atoms with van der Waals surface area (Å²) in [6.45, 7) is 3.50. The Balaban J connectivity index is 1.65. The van der Waals surface area contributed by atoms with E-state index in [1.807, 2.05) is 0 Å². The zero-order valence-electron chi connectivity index (χ0n) is 17.2. The molecule has 146 valence electrons. The maximum absolute atomic E-state index is 2.30. The van der Waals surface area contributed by atoms with Crippen molar-refractivity contribution >= 4 is 0 Å². The average molecular weight is 348 g/mol. The third-order valence-electron chi connectivity index (χ3n) is 5.44. The van der Waals surface area contributed by atoms with Crippen LogP contribution < -0.4 is 0 Å². The molecule has 0 bridgehead atoms. The van der Waals surface area contributed by atoms with Crippen LogP contribution in [0.25, 0.3) is 0 Å². The summed E-state index contributed by atoms with van der Waals surface area (Å²) in [5.41, 5.74) is 0. The maximum atomic E-state index is 2.30. The zero-order chi connectivity index (χ0) is 17.8. The van der Waals surface area contributed by atoms with E-state index in [1.54, 1.807) is 0 Å². The van der Waals surface area contributed by atoms with Crippen molar-refractivity contribution in [3.8, 4) is 0 Å². The van der Waals surface area contributed by atoms with Crippen LogP contribution in [0.3, 0.4) is 0 Å². The van der Waals surface area contributed by atoms with Gasteiger partial charge in [0.1, 0.15) is 0 Å². The Hall–Kier alpha value is -0.720. The van der Waals surface area contributed by atoms with Gasteiger partial charge >= 0.3 is 0 Å². The number of rotatable bonds is 19. The molecular formula is C24H45N. The lowest BCUT2D eigenvalue weighted by atomic mass is 10.0. The second-order valence-corrected chi connectivity index (χ2v) is 7.93. The van der Waals surface area contributed by atoms with Crippen LogP contribution in [0.2, 0.25) is 0 Å². The molecule has 1 aromatic rings. The highest BCUT2D eigenvalue weighted by Crippen LogP contribution is 2.14. The average Bonchev–Trinajstić information content (AvgIpc) is 3.14. The van der Waals surface area contributed by atoms with Crippen molar-refractivity contribution in [3.05, 3.63) is 24.5 Å². The molecule has 0 aliphatic heterocycles. The first-order valence-electron chi connectivity index (χ1n) is 11.5. The van der Waals surface area contributed by atoms with E-state index in [0.717, 1.165) is 0 Å². The van der Waals surface area contributed by atoms with Crippen molar-refractivity contribution in [2.45, 2.75) is 129 Å². The fraction of sp³-hybridized carbons (Fsp3) is 0.833. The molecule has 0 saturated heterocycles. The standard InChI is InChI=1S/C24H45N/c1-2-3-4-5-6-7-8-9-10-11-12-13-14-15-16-17-18-19-22-25-23-20-21-24-25/h20-21,23-24H,2-19,22H2,1H3. The van der Waals surface area contributed by atoms with E-state index in [9.17, 15) is 0 Å². The smallest absolute Gasteiger partial charge is 0.0219 e. The minimum atomic E-state index is 1.20. The Bertz CT molecular complexity index is 341. The summed E-state index contributed by atoms with van der Waals surface area (Å²) in [6.07, 6.45) is 30.5. The lowest BCUT2D eigenvalue weighted by molar-refractivity contribution is 0.518. The van der Waals surface area contributed by atoms with E-state index in [-0.39, 0.29) is 0 Å². The van der Waals surface area contributed by atoms with Gasteiger partial charge in [-0.15, -0.1) is 0 Å². The van der Waals surface area contributed by atoms with Gasteiger partial charge in [0.25, 0.3) is 0 Å². The molecule has 0 radical (unpaired) electrons. The number of aryl methyl sites for hydroxylation is 1. The predicted octanol–water partition coefficient (Wildman–Crippen LogP) is 8.53. The van der Waals surface area contributed by atoms with Crippen LogP contribution in [0.1, 0.15) is 122 Å². The van der Waals surface area contributed by atoms with Crippen LogP contribution >= 0.6 is 0 Å². The molecular weight excluding hydrogens is 302 g/mol. The van der Waals surface area contributed by atoms with Gasteiger partial charge in [-0.3, -0.25) is 0 Å². The van der Waals surface area contributed by atoms with Gasteiger partial charge in [0.05, 0.1) is 0 Å². The largest absolute Gasteiger partial charge is 0.354 e. The number of hydrogen-bond acceptors (Lipinski definition) is 0. The van der Waals surface area contributed by atoms with E-state index < -0.39 is 0 Å². The number of hydrogen-bond donors (Lipinski definition) is 0. The summed E-state index contributed by atoms with van der Waals surface area (Å²) in [4.78, 5) is 0. The lowest BCUT2D eigenvalue weighted by Gasteiger charge is -2.04. The monoisotopic (exact) mass is 347 g/mol. The molecule has 0 unspecified atom stereocenters. The van der Waals surface area contributed by atoms with Crippen molar-refractivity contribution in [3.63, 3.8) is 0 Å². The van der Waals surface area contributed by atoms with Crippen molar-refractivity contribution in [2.75, 3.05) is 0 Å². The summed E-state index contributed by atoms with van der Waals surface area (Å²) >= 11 is 0. The van der Waals surface area contributed by atoms with Gasteiger partial charge in [0, 0.05) is 18.9 Å². The molecule has 0 aliphatic rings. The van der Waals surface area contributed by atoms with Gasteiger partial charge in [-0.25, -0.2) is 0 Å². The molecule has 0 fully saturated rings. The highest BCUT2D eigenvalue weighted by molar-refractivity contribution is 4.89. The Morgan fingerprint density at radius 3 is 1.12 bits per heavy atom. The molecule has 0 aromatic carbocycles. The molecule has 0 amide bonds. The van der Waals surface area contributed by atoms with Gasteiger partial charge in [-0.2, -0.15) is 0 Å². The van der Waals surface area contributed by atoms with Crippen molar-refractivity contribution < 1.29 is 0 Å². The van der Waals surface area contributed by atoms with Crippen LogP contribution in [0.4, 0.5) is 0 Å². The van der Waals surface area contributed by atoms with Gasteiger partial charge in [-0.1, -0.05) is 116 Å². The summed E-state index contributed by atoms with van der Waals surface area (Å²) in [7, 11) is 0. The maximum Gasteiger partial charge on any atom is 0.0219 e. The molecule has 0 saturated carbocycles. The topological polar surface area (TPSA) is 4.93 Å². The molecule has 1 heterocycles. The number of unbranched alkanes of at least 4 members (excludes halogenated alkanes) is 17. The van der Waals surface area contributed by atoms with Crippen LogP contribution in [-0.4, -0.2) is 4.57 Å². The number of nitrogens with zero attached hydrogens (tertiary/aromatic N) is 1. The molecule has 0 aliphatic carbocycles. The van der Waals surface area contributed by atoms with Crippen LogP contribution in [0, 0.1) is 0 Å². The first kappa shape index (κ1) is 22.3. The highest BCUT2D eigenvalue weighted by Gasteiger charge is 1.95. The Morgan fingerprint density at radius 2 is 0.760 bits per heavy atom. The lowest BCUT2D eigenvalue weighted by Crippen LogP contribution is -1.93.